The highest BCUT2D eigenvalue weighted by atomic mass is 35.5. The van der Waals surface area contributed by atoms with E-state index < -0.39 is 18.5 Å². The molecule has 8 nitrogen and oxygen atoms in total. The normalized spacial score (nSPS) is 10.5. The fourth-order valence-corrected chi connectivity index (χ4v) is 3.34. The van der Waals surface area contributed by atoms with Crippen LogP contribution in [0.5, 0.6) is 0 Å². The van der Waals surface area contributed by atoms with Gasteiger partial charge in [-0.25, -0.2) is 9.48 Å². The summed E-state index contributed by atoms with van der Waals surface area (Å²) in [5, 5.41) is 22.8. The topological polar surface area (TPSA) is 112 Å². The number of rotatable bonds is 10. The summed E-state index contributed by atoms with van der Waals surface area (Å²) in [5.74, 6) is -1.16. The van der Waals surface area contributed by atoms with Crippen LogP contribution in [0.25, 0.3) is 23.0 Å². The van der Waals surface area contributed by atoms with Gasteiger partial charge in [0.15, 0.2) is 6.61 Å². The summed E-state index contributed by atoms with van der Waals surface area (Å²) in [4.78, 5) is 26.0. The van der Waals surface area contributed by atoms with Gasteiger partial charge >= 0.3 is 5.97 Å². The maximum atomic E-state index is 12.3. The molecule has 0 aliphatic rings. The van der Waals surface area contributed by atoms with E-state index in [0.717, 1.165) is 11.3 Å². The Hall–Kier alpha value is -4.40. The number of ether oxygens (including phenoxy) is 1. The number of amides is 1. The van der Waals surface area contributed by atoms with E-state index in [4.69, 9.17) is 26.9 Å². The molecule has 1 heterocycles. The Morgan fingerprint density at radius 3 is 2.31 bits per heavy atom. The standard InChI is InChI=1S/C26H22ClN5O3/c27-22-11-8-20(9-12-22)26-21(18-32(30-26)23-6-2-1-3-7-23)10-13-25(34)35-19-24(33)31(16-4-14-28)17-5-15-29/h1-3,6-13,18H,4-5,16-17,19H2/b13-10+. The molecule has 3 rings (SSSR count). The number of para-hydroxylation sites is 1. The van der Waals surface area contributed by atoms with Crippen molar-refractivity contribution in [3.63, 3.8) is 0 Å². The molecule has 35 heavy (non-hydrogen) atoms. The molecule has 0 saturated carbocycles. The minimum absolute atomic E-state index is 0.129. The third-order valence-electron chi connectivity index (χ3n) is 4.96. The highest BCUT2D eigenvalue weighted by molar-refractivity contribution is 6.30. The summed E-state index contributed by atoms with van der Waals surface area (Å²) in [5.41, 5.74) is 2.98. The lowest BCUT2D eigenvalue weighted by atomic mass is 10.1. The maximum Gasteiger partial charge on any atom is 0.331 e. The summed E-state index contributed by atoms with van der Waals surface area (Å²) < 4.78 is 6.80. The van der Waals surface area contributed by atoms with Crippen LogP contribution in [0.2, 0.25) is 5.02 Å². The lowest BCUT2D eigenvalue weighted by Gasteiger charge is -2.19. The number of benzene rings is 2. The zero-order chi connectivity index (χ0) is 25.0. The molecule has 3 aromatic rings. The zero-order valence-electron chi connectivity index (χ0n) is 18.8. The SMILES string of the molecule is N#CCCN(CCC#N)C(=O)COC(=O)/C=C/c1cn(-c2ccccc2)nc1-c1ccc(Cl)cc1. The van der Waals surface area contributed by atoms with Crippen LogP contribution in [0.4, 0.5) is 0 Å². The second-order valence-electron chi connectivity index (χ2n) is 7.36. The Labute approximate surface area is 208 Å². The van der Waals surface area contributed by atoms with Crippen LogP contribution in [0.3, 0.4) is 0 Å². The van der Waals surface area contributed by atoms with Crippen molar-refractivity contribution in [3.05, 3.63) is 77.5 Å². The van der Waals surface area contributed by atoms with Crippen LogP contribution in [0.1, 0.15) is 18.4 Å². The predicted octanol–water partition coefficient (Wildman–Crippen LogP) is 4.41. The first kappa shape index (κ1) is 25.2. The average molecular weight is 488 g/mol. The number of esters is 1. The maximum absolute atomic E-state index is 12.3. The van der Waals surface area contributed by atoms with Gasteiger partial charge in [-0.05, 0) is 30.3 Å². The van der Waals surface area contributed by atoms with Crippen LogP contribution >= 0.6 is 11.6 Å². The molecule has 0 fully saturated rings. The smallest absolute Gasteiger partial charge is 0.331 e. The monoisotopic (exact) mass is 487 g/mol. The summed E-state index contributed by atoms with van der Waals surface area (Å²) >= 11 is 6.02. The van der Waals surface area contributed by atoms with Crippen molar-refractivity contribution in [2.24, 2.45) is 0 Å². The highest BCUT2D eigenvalue weighted by Crippen LogP contribution is 2.26. The fraction of sp³-hybridized carbons (Fsp3) is 0.192. The molecule has 2 aromatic carbocycles. The fourth-order valence-electron chi connectivity index (χ4n) is 3.22. The molecule has 0 N–H and O–H groups in total. The molecule has 0 saturated heterocycles. The molecule has 9 heteroatoms. The van der Waals surface area contributed by atoms with Gasteiger partial charge in [-0.15, -0.1) is 0 Å². The van der Waals surface area contributed by atoms with Crippen LogP contribution in [-0.2, 0) is 14.3 Å². The number of carbonyl (C=O) groups excluding carboxylic acids is 2. The van der Waals surface area contributed by atoms with Crippen LogP contribution < -0.4 is 0 Å². The van der Waals surface area contributed by atoms with Gasteiger partial charge in [0, 0.05) is 41.5 Å². The molecular weight excluding hydrogens is 466 g/mol. The number of nitriles is 2. The van der Waals surface area contributed by atoms with Crippen LogP contribution in [-0.4, -0.2) is 46.3 Å². The second-order valence-corrected chi connectivity index (χ2v) is 7.79. The van der Waals surface area contributed by atoms with Gasteiger partial charge in [0.25, 0.3) is 5.91 Å². The van der Waals surface area contributed by atoms with Crippen molar-refractivity contribution in [1.29, 1.82) is 10.5 Å². The van der Waals surface area contributed by atoms with Crippen molar-refractivity contribution in [2.75, 3.05) is 19.7 Å². The second kappa shape index (κ2) is 12.7. The number of carbonyl (C=O) groups is 2. The first-order chi connectivity index (χ1) is 17.0. The van der Waals surface area contributed by atoms with Gasteiger partial charge < -0.3 is 9.64 Å². The van der Waals surface area contributed by atoms with E-state index in [1.807, 2.05) is 54.6 Å². The van der Waals surface area contributed by atoms with Crippen molar-refractivity contribution < 1.29 is 14.3 Å². The molecular formula is C26H22ClN5O3. The third-order valence-corrected chi connectivity index (χ3v) is 5.21. The molecule has 0 spiro atoms. The quantitative estimate of drug-likeness (QED) is 0.309. The summed E-state index contributed by atoms with van der Waals surface area (Å²) in [7, 11) is 0. The molecule has 1 aromatic heterocycles. The van der Waals surface area contributed by atoms with Gasteiger partial charge in [0.05, 0.1) is 36.4 Å². The van der Waals surface area contributed by atoms with Gasteiger partial charge in [-0.2, -0.15) is 15.6 Å². The van der Waals surface area contributed by atoms with Gasteiger partial charge in [0.2, 0.25) is 0 Å². The lowest BCUT2D eigenvalue weighted by Crippen LogP contribution is -2.36. The van der Waals surface area contributed by atoms with E-state index in [9.17, 15) is 9.59 Å². The Balaban J connectivity index is 1.74. The van der Waals surface area contributed by atoms with E-state index in [1.54, 1.807) is 29.1 Å². The molecule has 0 aliphatic heterocycles. The molecule has 0 radical (unpaired) electrons. The largest absolute Gasteiger partial charge is 0.452 e. The lowest BCUT2D eigenvalue weighted by molar-refractivity contribution is -0.148. The highest BCUT2D eigenvalue weighted by Gasteiger charge is 2.15. The van der Waals surface area contributed by atoms with E-state index >= 15 is 0 Å². The van der Waals surface area contributed by atoms with E-state index in [-0.39, 0.29) is 25.9 Å². The number of hydrogen-bond donors (Lipinski definition) is 0. The summed E-state index contributed by atoms with van der Waals surface area (Å²) in [6.07, 6.45) is 4.85. The number of aromatic nitrogens is 2. The van der Waals surface area contributed by atoms with Crippen LogP contribution in [0.15, 0.2) is 66.9 Å². The van der Waals surface area contributed by atoms with E-state index in [2.05, 4.69) is 5.10 Å². The predicted molar refractivity (Wildman–Crippen MR) is 131 cm³/mol. The Morgan fingerprint density at radius 2 is 1.69 bits per heavy atom. The summed E-state index contributed by atoms with van der Waals surface area (Å²) in [6, 6.07) is 20.7. The average Bonchev–Trinajstić information content (AvgIpc) is 3.31. The first-order valence-corrected chi connectivity index (χ1v) is 11.2. The van der Waals surface area contributed by atoms with Crippen LogP contribution in [0, 0.1) is 22.7 Å². The van der Waals surface area contributed by atoms with Gasteiger partial charge in [-0.1, -0.05) is 41.9 Å². The molecule has 0 aliphatic carbocycles. The number of hydrogen-bond acceptors (Lipinski definition) is 6. The summed E-state index contributed by atoms with van der Waals surface area (Å²) in [6.45, 7) is -0.131. The van der Waals surface area contributed by atoms with Gasteiger partial charge in [-0.3, -0.25) is 4.79 Å². The molecule has 0 unspecified atom stereocenters. The number of nitrogens with zero attached hydrogens (tertiary/aromatic N) is 5. The molecule has 0 atom stereocenters. The van der Waals surface area contributed by atoms with E-state index in [1.165, 1.54) is 11.0 Å². The first-order valence-electron chi connectivity index (χ1n) is 10.8. The Bertz CT molecular complexity index is 1250. The minimum Gasteiger partial charge on any atom is -0.452 e. The molecule has 176 valence electrons. The molecule has 1 amide bonds. The third kappa shape index (κ3) is 7.29. The Morgan fingerprint density at radius 1 is 1.03 bits per heavy atom. The van der Waals surface area contributed by atoms with Crippen molar-refractivity contribution in [3.8, 4) is 29.1 Å². The van der Waals surface area contributed by atoms with Crippen molar-refractivity contribution >= 4 is 29.6 Å². The molecule has 0 bridgehead atoms. The van der Waals surface area contributed by atoms with Gasteiger partial charge in [0.1, 0.15) is 0 Å². The number of halogens is 1. The Kier molecular flexibility index (Phi) is 9.18. The van der Waals surface area contributed by atoms with Crippen molar-refractivity contribution in [2.45, 2.75) is 12.8 Å². The zero-order valence-corrected chi connectivity index (χ0v) is 19.6. The minimum atomic E-state index is -0.701. The van der Waals surface area contributed by atoms with Crippen molar-refractivity contribution in [1.82, 2.24) is 14.7 Å². The van der Waals surface area contributed by atoms with E-state index in [0.29, 0.717) is 16.3 Å².